The van der Waals surface area contributed by atoms with E-state index in [0.717, 1.165) is 43.0 Å². The van der Waals surface area contributed by atoms with Crippen molar-refractivity contribution in [3.8, 4) is 11.5 Å². The number of fused-ring (bicyclic) bond motifs is 1. The highest BCUT2D eigenvalue weighted by Gasteiger charge is 2.17. The lowest BCUT2D eigenvalue weighted by atomic mass is 10.2. The molecule has 7 heteroatoms. The molecule has 1 amide bonds. The Morgan fingerprint density at radius 3 is 2.57 bits per heavy atom. The lowest BCUT2D eigenvalue weighted by Crippen LogP contribution is -2.21. The summed E-state index contributed by atoms with van der Waals surface area (Å²) < 4.78 is 12.6. The zero-order valence-electron chi connectivity index (χ0n) is 18.4. The van der Waals surface area contributed by atoms with Crippen LogP contribution in [0.4, 0.5) is 11.5 Å². The van der Waals surface area contributed by atoms with Gasteiger partial charge in [0.15, 0.2) is 11.5 Å². The van der Waals surface area contributed by atoms with Crippen LogP contribution in [0.15, 0.2) is 36.5 Å². The van der Waals surface area contributed by atoms with Crippen molar-refractivity contribution in [1.29, 1.82) is 0 Å². The highest BCUT2D eigenvalue weighted by Crippen LogP contribution is 2.30. The van der Waals surface area contributed by atoms with Crippen LogP contribution in [0.1, 0.15) is 42.7 Å². The number of hydrogen-bond donors (Lipinski definition) is 1. The van der Waals surface area contributed by atoms with Crippen molar-refractivity contribution in [3.63, 3.8) is 0 Å². The second-order valence-electron chi connectivity index (χ2n) is 7.18. The molecule has 3 aromatic rings. The minimum Gasteiger partial charge on any atom is -0.493 e. The van der Waals surface area contributed by atoms with E-state index >= 15 is 0 Å². The number of anilines is 2. The Morgan fingerprint density at radius 2 is 1.90 bits per heavy atom. The molecule has 0 aliphatic rings. The maximum Gasteiger partial charge on any atom is 0.257 e. The Morgan fingerprint density at radius 1 is 1.13 bits per heavy atom. The number of pyridine rings is 1. The van der Waals surface area contributed by atoms with Crippen LogP contribution in [-0.4, -0.2) is 43.1 Å². The van der Waals surface area contributed by atoms with Crippen molar-refractivity contribution in [2.45, 2.75) is 33.1 Å². The van der Waals surface area contributed by atoms with E-state index in [9.17, 15) is 4.79 Å². The lowest BCUT2D eigenvalue weighted by Gasteiger charge is -2.20. The zero-order valence-corrected chi connectivity index (χ0v) is 18.4. The zero-order chi connectivity index (χ0) is 21.7. The van der Waals surface area contributed by atoms with Crippen LogP contribution < -0.4 is 19.7 Å². The summed E-state index contributed by atoms with van der Waals surface area (Å²) in [5, 5.41) is 2.93. The number of imidazole rings is 1. The number of carbonyl (C=O) groups is 1. The molecule has 30 heavy (non-hydrogen) atoms. The normalized spacial score (nSPS) is 10.8. The van der Waals surface area contributed by atoms with Crippen LogP contribution in [-0.2, 0) is 6.42 Å². The fourth-order valence-corrected chi connectivity index (χ4v) is 3.48. The van der Waals surface area contributed by atoms with E-state index in [0.29, 0.717) is 22.7 Å². The molecule has 0 aliphatic carbocycles. The lowest BCUT2D eigenvalue weighted by molar-refractivity contribution is 0.102. The standard InChI is InChI=1S/C23H30N4O3/c1-6-8-13-26(3)23-18(7-2)25-21-12-9-16(15-27(21)23)22(28)24-17-10-11-19(29-4)20(14-17)30-5/h9-12,14-15H,6-8,13H2,1-5H3,(H,24,28). The van der Waals surface area contributed by atoms with Crippen molar-refractivity contribution in [3.05, 3.63) is 47.8 Å². The first kappa shape index (κ1) is 21.5. The Labute approximate surface area is 177 Å². The van der Waals surface area contributed by atoms with E-state index in [-0.39, 0.29) is 5.91 Å². The second-order valence-corrected chi connectivity index (χ2v) is 7.18. The summed E-state index contributed by atoms with van der Waals surface area (Å²) in [7, 11) is 5.23. The molecule has 0 fully saturated rings. The van der Waals surface area contributed by atoms with Gasteiger partial charge in [0.2, 0.25) is 0 Å². The number of ether oxygens (including phenoxy) is 2. The van der Waals surface area contributed by atoms with Gasteiger partial charge in [-0.15, -0.1) is 0 Å². The van der Waals surface area contributed by atoms with Crippen molar-refractivity contribution in [2.75, 3.05) is 38.0 Å². The van der Waals surface area contributed by atoms with Gasteiger partial charge in [0, 0.05) is 31.5 Å². The molecule has 2 heterocycles. The molecule has 0 radical (unpaired) electrons. The molecule has 1 N–H and O–H groups in total. The average molecular weight is 411 g/mol. The summed E-state index contributed by atoms with van der Waals surface area (Å²) in [5.74, 6) is 2.02. The van der Waals surface area contributed by atoms with Crippen molar-refractivity contribution >= 4 is 23.1 Å². The van der Waals surface area contributed by atoms with Crippen molar-refractivity contribution < 1.29 is 14.3 Å². The minimum atomic E-state index is -0.196. The summed E-state index contributed by atoms with van der Waals surface area (Å²) >= 11 is 0. The van der Waals surface area contributed by atoms with Gasteiger partial charge in [0.1, 0.15) is 11.5 Å². The summed E-state index contributed by atoms with van der Waals surface area (Å²) in [5.41, 5.74) is 3.07. The molecule has 7 nitrogen and oxygen atoms in total. The largest absolute Gasteiger partial charge is 0.493 e. The summed E-state index contributed by atoms with van der Waals surface area (Å²) in [6.07, 6.45) is 4.92. The van der Waals surface area contributed by atoms with Crippen LogP contribution in [0, 0.1) is 0 Å². The number of methoxy groups -OCH3 is 2. The van der Waals surface area contributed by atoms with Gasteiger partial charge < -0.3 is 19.7 Å². The minimum absolute atomic E-state index is 0.196. The number of aromatic nitrogens is 2. The van der Waals surface area contributed by atoms with Crippen LogP contribution in [0.3, 0.4) is 0 Å². The molecule has 0 atom stereocenters. The van der Waals surface area contributed by atoms with Gasteiger partial charge in [-0.25, -0.2) is 4.98 Å². The number of carbonyl (C=O) groups excluding carboxylic acids is 1. The first-order valence-electron chi connectivity index (χ1n) is 10.3. The SMILES string of the molecule is CCCCN(C)c1c(CC)nc2ccc(C(=O)Nc3ccc(OC)c(OC)c3)cn12. The van der Waals surface area contributed by atoms with Crippen molar-refractivity contribution in [1.82, 2.24) is 9.38 Å². The quantitative estimate of drug-likeness (QED) is 0.566. The number of rotatable bonds is 9. The fraction of sp³-hybridized carbons (Fsp3) is 0.391. The molecule has 0 bridgehead atoms. The van der Waals surface area contributed by atoms with Crippen LogP contribution in [0.25, 0.3) is 5.65 Å². The van der Waals surface area contributed by atoms with Crippen LogP contribution in [0.2, 0.25) is 0 Å². The third-order valence-electron chi connectivity index (χ3n) is 5.11. The predicted molar refractivity (Wildman–Crippen MR) is 120 cm³/mol. The number of amides is 1. The molecular formula is C23H30N4O3. The third-order valence-corrected chi connectivity index (χ3v) is 5.11. The summed E-state index contributed by atoms with van der Waals surface area (Å²) in [4.78, 5) is 19.9. The molecule has 0 saturated heterocycles. The molecule has 0 aliphatic heterocycles. The molecule has 3 rings (SSSR count). The number of aryl methyl sites for hydroxylation is 1. The van der Waals surface area contributed by atoms with Crippen LogP contribution >= 0.6 is 0 Å². The average Bonchev–Trinajstić information content (AvgIpc) is 3.15. The Kier molecular flexibility index (Phi) is 6.82. The van der Waals surface area contributed by atoms with Gasteiger partial charge in [-0.05, 0) is 37.1 Å². The van der Waals surface area contributed by atoms with E-state index < -0.39 is 0 Å². The Bertz CT molecular complexity index is 1030. The summed E-state index contributed by atoms with van der Waals surface area (Å²) in [6.45, 7) is 5.22. The molecular weight excluding hydrogens is 380 g/mol. The number of nitrogens with one attached hydrogen (secondary N) is 1. The maximum atomic E-state index is 12.9. The van der Waals surface area contributed by atoms with E-state index in [1.807, 2.05) is 16.7 Å². The molecule has 1 aromatic carbocycles. The Balaban J connectivity index is 1.91. The predicted octanol–water partition coefficient (Wildman–Crippen LogP) is 4.40. The van der Waals surface area contributed by atoms with Gasteiger partial charge in [-0.3, -0.25) is 9.20 Å². The molecule has 0 unspecified atom stereocenters. The second kappa shape index (κ2) is 9.52. The van der Waals surface area contributed by atoms with Gasteiger partial charge >= 0.3 is 0 Å². The van der Waals surface area contributed by atoms with Gasteiger partial charge in [0.05, 0.1) is 25.5 Å². The van der Waals surface area contributed by atoms with E-state index in [1.165, 1.54) is 0 Å². The third kappa shape index (κ3) is 4.35. The topological polar surface area (TPSA) is 68.1 Å². The molecule has 0 spiro atoms. The van der Waals surface area contributed by atoms with Crippen LogP contribution in [0.5, 0.6) is 11.5 Å². The highest BCUT2D eigenvalue weighted by atomic mass is 16.5. The number of nitrogens with zero attached hydrogens (tertiary/aromatic N) is 3. The van der Waals surface area contributed by atoms with E-state index in [1.54, 1.807) is 38.5 Å². The molecule has 2 aromatic heterocycles. The van der Waals surface area contributed by atoms with E-state index in [2.05, 4.69) is 31.1 Å². The number of benzene rings is 1. The highest BCUT2D eigenvalue weighted by molar-refractivity contribution is 6.04. The Hall–Kier alpha value is -3.22. The molecule has 160 valence electrons. The first-order valence-corrected chi connectivity index (χ1v) is 10.3. The number of unbranched alkanes of at least 4 members (excludes halogenated alkanes) is 1. The monoisotopic (exact) mass is 410 g/mol. The van der Waals surface area contributed by atoms with Gasteiger partial charge in [0.25, 0.3) is 5.91 Å². The maximum absolute atomic E-state index is 12.9. The van der Waals surface area contributed by atoms with Gasteiger partial charge in [-0.1, -0.05) is 20.3 Å². The first-order chi connectivity index (χ1) is 14.5. The molecule has 0 saturated carbocycles. The van der Waals surface area contributed by atoms with Crippen molar-refractivity contribution in [2.24, 2.45) is 0 Å². The number of hydrogen-bond acceptors (Lipinski definition) is 5. The smallest absolute Gasteiger partial charge is 0.257 e. The fourth-order valence-electron chi connectivity index (χ4n) is 3.48. The van der Waals surface area contributed by atoms with E-state index in [4.69, 9.17) is 14.5 Å². The van der Waals surface area contributed by atoms with Gasteiger partial charge in [-0.2, -0.15) is 0 Å². The summed E-state index contributed by atoms with van der Waals surface area (Å²) in [6, 6.07) is 8.98.